The van der Waals surface area contributed by atoms with Crippen LogP contribution < -0.4 is 5.32 Å². The first kappa shape index (κ1) is 14.2. The maximum absolute atomic E-state index is 11.7. The smallest absolute Gasteiger partial charge is 0.238 e. The Morgan fingerprint density at radius 2 is 2.06 bits per heavy atom. The third-order valence-electron chi connectivity index (χ3n) is 2.55. The number of amides is 1. The summed E-state index contributed by atoms with van der Waals surface area (Å²) >= 11 is 0. The summed E-state index contributed by atoms with van der Waals surface area (Å²) in [7, 11) is 1.84. The summed E-state index contributed by atoms with van der Waals surface area (Å²) in [6.07, 6.45) is 0. The summed E-state index contributed by atoms with van der Waals surface area (Å²) in [4.78, 5) is 13.6. The molecule has 0 saturated heterocycles. The number of carbonyl (C=O) groups excluding carboxylic acids is 1. The zero-order valence-electron chi connectivity index (χ0n) is 11.1. The Bertz CT molecular complexity index is 433. The molecule has 0 aliphatic carbocycles. The SMILES string of the molecule is Cc1ccc(NC(=O)CN(C)C[C@@H](C)C#N)cc1. The number of nitrogens with zero attached hydrogens (tertiary/aromatic N) is 2. The van der Waals surface area contributed by atoms with E-state index in [4.69, 9.17) is 5.26 Å². The molecule has 0 saturated carbocycles. The molecule has 0 heterocycles. The molecular formula is C14H19N3O. The minimum absolute atomic E-state index is 0.0634. The molecule has 1 N–H and O–H groups in total. The normalized spacial score (nSPS) is 11.9. The molecular weight excluding hydrogens is 226 g/mol. The molecule has 0 spiro atoms. The molecule has 1 rings (SSSR count). The quantitative estimate of drug-likeness (QED) is 0.863. The van der Waals surface area contributed by atoms with Crippen LogP contribution in [0.25, 0.3) is 0 Å². The molecule has 0 aliphatic rings. The van der Waals surface area contributed by atoms with Crippen molar-refractivity contribution in [1.29, 1.82) is 5.26 Å². The van der Waals surface area contributed by atoms with Crippen LogP contribution in [0.15, 0.2) is 24.3 Å². The Kier molecular flexibility index (Phi) is 5.34. The van der Waals surface area contributed by atoms with E-state index < -0.39 is 0 Å². The van der Waals surface area contributed by atoms with E-state index in [1.165, 1.54) is 0 Å². The summed E-state index contributed by atoms with van der Waals surface area (Å²) in [5, 5.41) is 11.5. The van der Waals surface area contributed by atoms with Gasteiger partial charge in [0.1, 0.15) is 0 Å². The summed E-state index contributed by atoms with van der Waals surface area (Å²) in [5.74, 6) is -0.131. The topological polar surface area (TPSA) is 56.1 Å². The van der Waals surface area contributed by atoms with Crippen LogP contribution in [0.4, 0.5) is 5.69 Å². The lowest BCUT2D eigenvalue weighted by molar-refractivity contribution is -0.117. The van der Waals surface area contributed by atoms with E-state index >= 15 is 0 Å². The average molecular weight is 245 g/mol. The van der Waals surface area contributed by atoms with Crippen molar-refractivity contribution in [1.82, 2.24) is 4.90 Å². The second-order valence-corrected chi connectivity index (χ2v) is 4.64. The van der Waals surface area contributed by atoms with Crippen molar-refractivity contribution in [2.24, 2.45) is 5.92 Å². The Balaban J connectivity index is 2.42. The number of rotatable bonds is 5. The molecule has 0 fully saturated rings. The molecule has 1 aromatic carbocycles. The summed E-state index contributed by atoms with van der Waals surface area (Å²) in [6, 6.07) is 9.82. The number of aryl methyl sites for hydroxylation is 1. The Morgan fingerprint density at radius 1 is 1.44 bits per heavy atom. The van der Waals surface area contributed by atoms with Crippen LogP contribution in [-0.2, 0) is 4.79 Å². The van der Waals surface area contributed by atoms with Crippen molar-refractivity contribution >= 4 is 11.6 Å². The number of hydrogen-bond donors (Lipinski definition) is 1. The number of benzene rings is 1. The van der Waals surface area contributed by atoms with Gasteiger partial charge in [0, 0.05) is 12.2 Å². The predicted molar refractivity (Wildman–Crippen MR) is 72.1 cm³/mol. The number of likely N-dealkylation sites (N-methyl/N-ethyl adjacent to an activating group) is 1. The highest BCUT2D eigenvalue weighted by Crippen LogP contribution is 2.08. The van der Waals surface area contributed by atoms with Gasteiger partial charge in [-0.3, -0.25) is 9.69 Å². The first-order valence-corrected chi connectivity index (χ1v) is 5.96. The molecule has 0 aliphatic heterocycles. The summed E-state index contributed by atoms with van der Waals surface area (Å²) in [5.41, 5.74) is 1.96. The van der Waals surface area contributed by atoms with Crippen LogP contribution in [0.2, 0.25) is 0 Å². The molecule has 96 valence electrons. The van der Waals surface area contributed by atoms with Crippen molar-refractivity contribution < 1.29 is 4.79 Å². The number of hydrogen-bond acceptors (Lipinski definition) is 3. The average Bonchev–Trinajstić information content (AvgIpc) is 2.31. The highest BCUT2D eigenvalue weighted by Gasteiger charge is 2.09. The van der Waals surface area contributed by atoms with Crippen LogP contribution in [0.1, 0.15) is 12.5 Å². The van der Waals surface area contributed by atoms with Gasteiger partial charge in [0.15, 0.2) is 0 Å². The van der Waals surface area contributed by atoms with E-state index in [0.717, 1.165) is 11.3 Å². The van der Waals surface area contributed by atoms with Gasteiger partial charge in [0.2, 0.25) is 5.91 Å². The van der Waals surface area contributed by atoms with E-state index in [2.05, 4.69) is 11.4 Å². The fourth-order valence-corrected chi connectivity index (χ4v) is 1.66. The van der Waals surface area contributed by atoms with Gasteiger partial charge in [-0.15, -0.1) is 0 Å². The van der Waals surface area contributed by atoms with Gasteiger partial charge in [0.05, 0.1) is 18.5 Å². The fraction of sp³-hybridized carbons (Fsp3) is 0.429. The van der Waals surface area contributed by atoms with E-state index in [9.17, 15) is 4.79 Å². The zero-order valence-corrected chi connectivity index (χ0v) is 11.1. The number of nitriles is 1. The highest BCUT2D eigenvalue weighted by molar-refractivity contribution is 5.92. The molecule has 4 nitrogen and oxygen atoms in total. The number of carbonyl (C=O) groups is 1. The highest BCUT2D eigenvalue weighted by atomic mass is 16.2. The second kappa shape index (κ2) is 6.77. The van der Waals surface area contributed by atoms with Gasteiger partial charge < -0.3 is 5.32 Å². The van der Waals surface area contributed by atoms with Gasteiger partial charge in [-0.05, 0) is 33.0 Å². The fourth-order valence-electron chi connectivity index (χ4n) is 1.66. The van der Waals surface area contributed by atoms with Crippen molar-refractivity contribution in [2.45, 2.75) is 13.8 Å². The first-order valence-electron chi connectivity index (χ1n) is 5.96. The largest absolute Gasteiger partial charge is 0.325 e. The molecule has 0 aromatic heterocycles. The molecule has 18 heavy (non-hydrogen) atoms. The van der Waals surface area contributed by atoms with Crippen LogP contribution in [0.5, 0.6) is 0 Å². The number of anilines is 1. The van der Waals surface area contributed by atoms with Crippen molar-refractivity contribution in [3.63, 3.8) is 0 Å². The molecule has 1 atom stereocenters. The molecule has 0 bridgehead atoms. The number of nitrogens with one attached hydrogen (secondary N) is 1. The molecule has 0 radical (unpaired) electrons. The lowest BCUT2D eigenvalue weighted by Gasteiger charge is -2.17. The molecule has 1 amide bonds. The van der Waals surface area contributed by atoms with Crippen molar-refractivity contribution in [2.75, 3.05) is 25.5 Å². The first-order chi connectivity index (χ1) is 8.51. The van der Waals surface area contributed by atoms with Gasteiger partial charge >= 0.3 is 0 Å². The minimum Gasteiger partial charge on any atom is -0.325 e. The summed E-state index contributed by atoms with van der Waals surface area (Å²) in [6.45, 7) is 4.73. The van der Waals surface area contributed by atoms with E-state index in [1.54, 1.807) is 0 Å². The van der Waals surface area contributed by atoms with Crippen LogP contribution in [0.3, 0.4) is 0 Å². The van der Waals surface area contributed by atoms with Gasteiger partial charge in [-0.2, -0.15) is 5.26 Å². The van der Waals surface area contributed by atoms with E-state index in [1.807, 2.05) is 50.1 Å². The standard InChI is InChI=1S/C14H19N3O/c1-11-4-6-13(7-5-11)16-14(18)10-17(3)9-12(2)8-15/h4-7,12H,9-10H2,1-3H3,(H,16,18)/t12-/m0/s1. The van der Waals surface area contributed by atoms with Gasteiger partial charge in [-0.1, -0.05) is 17.7 Å². The minimum atomic E-state index is -0.0674. The van der Waals surface area contributed by atoms with E-state index in [0.29, 0.717) is 13.1 Å². The lowest BCUT2D eigenvalue weighted by Crippen LogP contribution is -2.32. The maximum Gasteiger partial charge on any atom is 0.238 e. The van der Waals surface area contributed by atoms with Crippen molar-refractivity contribution in [3.05, 3.63) is 29.8 Å². The van der Waals surface area contributed by atoms with Gasteiger partial charge in [-0.25, -0.2) is 0 Å². The second-order valence-electron chi connectivity index (χ2n) is 4.64. The third-order valence-corrected chi connectivity index (χ3v) is 2.55. The Labute approximate surface area is 108 Å². The zero-order chi connectivity index (χ0) is 13.5. The summed E-state index contributed by atoms with van der Waals surface area (Å²) < 4.78 is 0. The van der Waals surface area contributed by atoms with Crippen LogP contribution in [0, 0.1) is 24.2 Å². The van der Waals surface area contributed by atoms with E-state index in [-0.39, 0.29) is 11.8 Å². The Hall–Kier alpha value is -1.86. The molecule has 0 unspecified atom stereocenters. The van der Waals surface area contributed by atoms with Crippen molar-refractivity contribution in [3.8, 4) is 6.07 Å². The monoisotopic (exact) mass is 245 g/mol. The Morgan fingerprint density at radius 3 is 2.61 bits per heavy atom. The lowest BCUT2D eigenvalue weighted by atomic mass is 10.2. The molecule has 4 heteroatoms. The maximum atomic E-state index is 11.7. The molecule has 1 aromatic rings. The van der Waals surface area contributed by atoms with Crippen LogP contribution >= 0.6 is 0 Å². The predicted octanol–water partition coefficient (Wildman–Crippen LogP) is 2.02. The third kappa shape index (κ3) is 4.98. The van der Waals surface area contributed by atoms with Crippen LogP contribution in [-0.4, -0.2) is 30.9 Å². The van der Waals surface area contributed by atoms with Gasteiger partial charge in [0.25, 0.3) is 0 Å².